The summed E-state index contributed by atoms with van der Waals surface area (Å²) in [5.41, 5.74) is 8.08. The summed E-state index contributed by atoms with van der Waals surface area (Å²) in [6.45, 7) is 0. The number of nitriles is 1. The van der Waals surface area contributed by atoms with E-state index in [1.54, 1.807) is 6.26 Å². The molecule has 2 aromatic carbocycles. The van der Waals surface area contributed by atoms with Crippen LogP contribution in [0.2, 0.25) is 0 Å². The van der Waals surface area contributed by atoms with Crippen molar-refractivity contribution in [1.29, 1.82) is 5.26 Å². The summed E-state index contributed by atoms with van der Waals surface area (Å²) in [6.07, 6.45) is 1.78. The van der Waals surface area contributed by atoms with Gasteiger partial charge in [0.2, 0.25) is 0 Å². The fourth-order valence-electron chi connectivity index (χ4n) is 1.97. The summed E-state index contributed by atoms with van der Waals surface area (Å²) in [6, 6.07) is 19.6. The van der Waals surface area contributed by atoms with Gasteiger partial charge in [0.15, 0.2) is 0 Å². The quantitative estimate of drug-likeness (QED) is 0.656. The SMILES string of the molecule is CS/C(Nc1cccc(-c2ccccc2)c1)=C(/C#N)C(N)=O. The zero-order valence-corrected chi connectivity index (χ0v) is 12.9. The molecule has 22 heavy (non-hydrogen) atoms. The number of thioether (sulfide) groups is 1. The van der Waals surface area contributed by atoms with Crippen LogP contribution in [0.25, 0.3) is 11.1 Å². The molecule has 0 unspecified atom stereocenters. The Hall–Kier alpha value is -2.71. The largest absolute Gasteiger partial charge is 0.365 e. The molecule has 0 fully saturated rings. The van der Waals surface area contributed by atoms with Crippen LogP contribution in [0.3, 0.4) is 0 Å². The molecule has 0 radical (unpaired) electrons. The smallest absolute Gasteiger partial charge is 0.262 e. The molecule has 0 aliphatic rings. The van der Waals surface area contributed by atoms with E-state index in [9.17, 15) is 4.79 Å². The van der Waals surface area contributed by atoms with E-state index in [4.69, 9.17) is 11.0 Å². The van der Waals surface area contributed by atoms with Gasteiger partial charge in [-0.25, -0.2) is 0 Å². The molecule has 0 aliphatic heterocycles. The van der Waals surface area contributed by atoms with Gasteiger partial charge < -0.3 is 11.1 Å². The molecule has 5 heteroatoms. The molecule has 0 spiro atoms. The van der Waals surface area contributed by atoms with E-state index in [1.807, 2.05) is 60.7 Å². The van der Waals surface area contributed by atoms with Crippen molar-refractivity contribution in [2.24, 2.45) is 5.73 Å². The molecule has 0 aliphatic carbocycles. The van der Waals surface area contributed by atoms with Crippen LogP contribution in [0.5, 0.6) is 0 Å². The van der Waals surface area contributed by atoms with Gasteiger partial charge in [0.25, 0.3) is 5.91 Å². The van der Waals surface area contributed by atoms with Crippen molar-refractivity contribution >= 4 is 23.4 Å². The summed E-state index contributed by atoms with van der Waals surface area (Å²) in [5, 5.41) is 12.6. The average Bonchev–Trinajstić information content (AvgIpc) is 2.55. The van der Waals surface area contributed by atoms with Crippen LogP contribution in [0.15, 0.2) is 65.2 Å². The van der Waals surface area contributed by atoms with Crippen LogP contribution < -0.4 is 11.1 Å². The number of carbonyl (C=O) groups is 1. The van der Waals surface area contributed by atoms with Gasteiger partial charge in [-0.15, -0.1) is 11.8 Å². The van der Waals surface area contributed by atoms with Gasteiger partial charge >= 0.3 is 0 Å². The van der Waals surface area contributed by atoms with Crippen molar-refractivity contribution in [3.63, 3.8) is 0 Å². The summed E-state index contributed by atoms with van der Waals surface area (Å²) >= 11 is 1.27. The van der Waals surface area contributed by atoms with Gasteiger partial charge in [-0.1, -0.05) is 42.5 Å². The number of primary amides is 1. The second kappa shape index (κ2) is 7.34. The highest BCUT2D eigenvalue weighted by Crippen LogP contribution is 2.25. The normalized spacial score (nSPS) is 11.3. The molecule has 0 saturated carbocycles. The molecule has 110 valence electrons. The predicted molar refractivity (Wildman–Crippen MR) is 90.8 cm³/mol. The molecule has 4 nitrogen and oxygen atoms in total. The van der Waals surface area contributed by atoms with Crippen LogP contribution in [0.1, 0.15) is 0 Å². The Morgan fingerprint density at radius 1 is 1.14 bits per heavy atom. The molecular weight excluding hydrogens is 294 g/mol. The molecule has 2 aromatic rings. The third-order valence-electron chi connectivity index (χ3n) is 3.02. The topological polar surface area (TPSA) is 78.9 Å². The molecular formula is C17H15N3OS. The first-order valence-corrected chi connectivity index (χ1v) is 7.79. The van der Waals surface area contributed by atoms with E-state index in [0.29, 0.717) is 5.03 Å². The Morgan fingerprint density at radius 2 is 1.82 bits per heavy atom. The van der Waals surface area contributed by atoms with Gasteiger partial charge in [-0.05, 0) is 29.5 Å². The average molecular weight is 309 g/mol. The van der Waals surface area contributed by atoms with Gasteiger partial charge in [0, 0.05) is 5.69 Å². The maximum Gasteiger partial charge on any atom is 0.262 e. The van der Waals surface area contributed by atoms with Crippen molar-refractivity contribution in [3.8, 4) is 17.2 Å². The Morgan fingerprint density at radius 3 is 2.41 bits per heavy atom. The minimum Gasteiger partial charge on any atom is -0.365 e. The molecule has 1 amide bonds. The van der Waals surface area contributed by atoms with Crippen LogP contribution >= 0.6 is 11.8 Å². The van der Waals surface area contributed by atoms with Crippen molar-refractivity contribution in [3.05, 3.63) is 65.2 Å². The third-order valence-corrected chi connectivity index (χ3v) is 3.73. The van der Waals surface area contributed by atoms with Crippen LogP contribution in [0, 0.1) is 11.3 Å². The van der Waals surface area contributed by atoms with E-state index in [2.05, 4.69) is 5.32 Å². The lowest BCUT2D eigenvalue weighted by Gasteiger charge is -2.11. The van der Waals surface area contributed by atoms with Crippen LogP contribution in [-0.4, -0.2) is 12.2 Å². The second-order valence-corrected chi connectivity index (χ2v) is 5.27. The number of benzene rings is 2. The number of anilines is 1. The number of hydrogen-bond donors (Lipinski definition) is 2. The number of nitrogens with zero attached hydrogens (tertiary/aromatic N) is 1. The van der Waals surface area contributed by atoms with Crippen LogP contribution in [0.4, 0.5) is 5.69 Å². The molecule has 2 rings (SSSR count). The number of nitrogens with one attached hydrogen (secondary N) is 1. The zero-order chi connectivity index (χ0) is 15.9. The maximum absolute atomic E-state index is 11.3. The van der Waals surface area contributed by atoms with Gasteiger partial charge in [0.1, 0.15) is 11.6 Å². The number of nitrogens with two attached hydrogens (primary N) is 1. The number of amides is 1. The Bertz CT molecular complexity index is 748. The molecule has 3 N–H and O–H groups in total. The first kappa shape index (κ1) is 15.7. The minimum atomic E-state index is -0.737. The van der Waals surface area contributed by atoms with E-state index in [1.165, 1.54) is 11.8 Å². The monoisotopic (exact) mass is 309 g/mol. The first-order valence-electron chi connectivity index (χ1n) is 6.56. The number of rotatable bonds is 5. The Kier molecular flexibility index (Phi) is 5.23. The minimum absolute atomic E-state index is 0.0717. The second-order valence-electron chi connectivity index (χ2n) is 4.46. The van der Waals surface area contributed by atoms with Gasteiger partial charge in [-0.3, -0.25) is 4.79 Å². The Balaban J connectivity index is 2.35. The fraction of sp³-hybridized carbons (Fsp3) is 0.0588. The van der Waals surface area contributed by atoms with E-state index >= 15 is 0 Å². The fourth-order valence-corrected chi connectivity index (χ4v) is 2.54. The van der Waals surface area contributed by atoms with E-state index < -0.39 is 5.91 Å². The summed E-state index contributed by atoms with van der Waals surface area (Å²) in [4.78, 5) is 11.3. The lowest BCUT2D eigenvalue weighted by Crippen LogP contribution is -2.16. The van der Waals surface area contributed by atoms with Crippen molar-refractivity contribution < 1.29 is 4.79 Å². The van der Waals surface area contributed by atoms with Crippen molar-refractivity contribution in [2.45, 2.75) is 0 Å². The zero-order valence-electron chi connectivity index (χ0n) is 12.0. The lowest BCUT2D eigenvalue weighted by molar-refractivity contribution is -0.114. The van der Waals surface area contributed by atoms with Gasteiger partial charge in [0.05, 0.1) is 5.03 Å². The van der Waals surface area contributed by atoms with Crippen LogP contribution in [-0.2, 0) is 4.79 Å². The summed E-state index contributed by atoms with van der Waals surface area (Å²) in [7, 11) is 0. The van der Waals surface area contributed by atoms with E-state index in [-0.39, 0.29) is 5.57 Å². The highest BCUT2D eigenvalue weighted by Gasteiger charge is 2.12. The molecule has 0 atom stereocenters. The lowest BCUT2D eigenvalue weighted by atomic mass is 10.1. The van der Waals surface area contributed by atoms with Gasteiger partial charge in [-0.2, -0.15) is 5.26 Å². The molecule has 0 heterocycles. The Labute approximate surface area is 133 Å². The summed E-state index contributed by atoms with van der Waals surface area (Å²) in [5.74, 6) is -0.737. The number of hydrogen-bond acceptors (Lipinski definition) is 4. The maximum atomic E-state index is 11.3. The number of carbonyl (C=O) groups excluding carboxylic acids is 1. The standard InChI is InChI=1S/C17H15N3OS/c1-22-17(15(11-18)16(19)21)20-14-9-5-8-13(10-14)12-6-3-2-4-7-12/h2-10,20H,1H3,(H2,19,21)/b17-15-. The summed E-state index contributed by atoms with van der Waals surface area (Å²) < 4.78 is 0. The highest BCUT2D eigenvalue weighted by atomic mass is 32.2. The molecule has 0 bridgehead atoms. The molecule has 0 saturated heterocycles. The van der Waals surface area contributed by atoms with Crippen molar-refractivity contribution in [2.75, 3.05) is 11.6 Å². The first-order chi connectivity index (χ1) is 10.7. The third kappa shape index (κ3) is 3.68. The highest BCUT2D eigenvalue weighted by molar-refractivity contribution is 8.02. The van der Waals surface area contributed by atoms with Crippen molar-refractivity contribution in [1.82, 2.24) is 0 Å². The predicted octanol–water partition coefficient (Wildman–Crippen LogP) is 3.35. The van der Waals surface area contributed by atoms with E-state index in [0.717, 1.165) is 16.8 Å². The molecule has 0 aromatic heterocycles.